The van der Waals surface area contributed by atoms with E-state index in [1.807, 2.05) is 20.8 Å². The second-order valence-electron chi connectivity index (χ2n) is 3.38. The fraction of sp³-hybridized carbons (Fsp3) is 0.667. The molecule has 0 saturated carbocycles. The van der Waals surface area contributed by atoms with E-state index in [0.29, 0.717) is 32.1 Å². The van der Waals surface area contributed by atoms with Gasteiger partial charge in [0.2, 0.25) is 0 Å². The Bertz CT molecular complexity index is 234. The number of ether oxygens (including phenoxy) is 2. The van der Waals surface area contributed by atoms with E-state index >= 15 is 0 Å². The fourth-order valence-corrected chi connectivity index (χ4v) is 1.01. The molecule has 0 fully saturated rings. The first-order valence-electron chi connectivity index (χ1n) is 5.75. The van der Waals surface area contributed by atoms with Crippen molar-refractivity contribution in [1.29, 1.82) is 0 Å². The van der Waals surface area contributed by atoms with Crippen LogP contribution in [0.15, 0.2) is 12.0 Å². The first-order valence-corrected chi connectivity index (χ1v) is 5.75. The highest BCUT2D eigenvalue weighted by Crippen LogP contribution is 2.07. The summed E-state index contributed by atoms with van der Waals surface area (Å²) < 4.78 is 9.85. The SMILES string of the molecule is CCC=C(OC(=O)CCC)OC(=O)CCC. The Hall–Kier alpha value is -1.32. The molecule has 0 unspecified atom stereocenters. The third-order valence-electron chi connectivity index (χ3n) is 1.71. The lowest BCUT2D eigenvalue weighted by molar-refractivity contribution is -0.154. The molecule has 16 heavy (non-hydrogen) atoms. The smallest absolute Gasteiger partial charge is 0.313 e. The highest BCUT2D eigenvalue weighted by atomic mass is 16.7. The molecule has 4 heteroatoms. The van der Waals surface area contributed by atoms with Crippen molar-refractivity contribution < 1.29 is 19.1 Å². The first-order chi connectivity index (χ1) is 7.63. The zero-order valence-electron chi connectivity index (χ0n) is 10.2. The Kier molecular flexibility index (Phi) is 8.21. The molecule has 0 rings (SSSR count). The minimum atomic E-state index is -0.369. The minimum Gasteiger partial charge on any atom is -0.393 e. The standard InChI is InChI=1S/C12H20O4/c1-4-7-10(13)15-12(9-6-3)16-11(14)8-5-2/h9H,4-8H2,1-3H3. The number of rotatable bonds is 7. The number of hydrogen-bond acceptors (Lipinski definition) is 4. The van der Waals surface area contributed by atoms with Crippen LogP contribution in [-0.2, 0) is 19.1 Å². The molecule has 0 amide bonds. The molecule has 0 bridgehead atoms. The number of carbonyl (C=O) groups excluding carboxylic acids is 2. The first kappa shape index (κ1) is 14.7. The summed E-state index contributed by atoms with van der Waals surface area (Å²) in [6.07, 6.45) is 4.30. The molecule has 0 atom stereocenters. The molecular weight excluding hydrogens is 208 g/mol. The second kappa shape index (κ2) is 8.95. The minimum absolute atomic E-state index is 0.0133. The van der Waals surface area contributed by atoms with Crippen molar-refractivity contribution in [1.82, 2.24) is 0 Å². The van der Waals surface area contributed by atoms with Crippen molar-refractivity contribution in [3.05, 3.63) is 12.0 Å². The van der Waals surface area contributed by atoms with Crippen LogP contribution < -0.4 is 0 Å². The highest BCUT2D eigenvalue weighted by Gasteiger charge is 2.11. The summed E-state index contributed by atoms with van der Waals surface area (Å²) in [7, 11) is 0. The van der Waals surface area contributed by atoms with Crippen molar-refractivity contribution in [2.24, 2.45) is 0 Å². The van der Waals surface area contributed by atoms with Crippen molar-refractivity contribution in [2.45, 2.75) is 52.9 Å². The van der Waals surface area contributed by atoms with Crippen LogP contribution in [0, 0.1) is 0 Å². The zero-order valence-corrected chi connectivity index (χ0v) is 10.2. The van der Waals surface area contributed by atoms with Gasteiger partial charge >= 0.3 is 11.9 Å². The van der Waals surface area contributed by atoms with Gasteiger partial charge in [-0.1, -0.05) is 20.8 Å². The number of esters is 2. The van der Waals surface area contributed by atoms with Gasteiger partial charge in [0.15, 0.2) is 0 Å². The lowest BCUT2D eigenvalue weighted by atomic mass is 10.3. The van der Waals surface area contributed by atoms with Crippen LogP contribution in [0.3, 0.4) is 0 Å². The molecule has 0 aliphatic carbocycles. The van der Waals surface area contributed by atoms with Crippen LogP contribution in [0.5, 0.6) is 0 Å². The zero-order chi connectivity index (χ0) is 12.4. The van der Waals surface area contributed by atoms with Crippen molar-refractivity contribution in [3.63, 3.8) is 0 Å². The van der Waals surface area contributed by atoms with Gasteiger partial charge in [-0.3, -0.25) is 9.59 Å². The van der Waals surface area contributed by atoms with Crippen molar-refractivity contribution in [3.8, 4) is 0 Å². The van der Waals surface area contributed by atoms with Crippen LogP contribution in [0.1, 0.15) is 52.9 Å². The quantitative estimate of drug-likeness (QED) is 0.496. The van der Waals surface area contributed by atoms with Gasteiger partial charge in [-0.15, -0.1) is 0 Å². The molecule has 0 heterocycles. The molecule has 0 aromatic heterocycles. The van der Waals surface area contributed by atoms with Crippen LogP contribution >= 0.6 is 0 Å². The van der Waals surface area contributed by atoms with E-state index in [1.54, 1.807) is 6.08 Å². The summed E-state index contributed by atoms with van der Waals surface area (Å²) in [6, 6.07) is 0. The molecule has 0 radical (unpaired) electrons. The monoisotopic (exact) mass is 228 g/mol. The van der Waals surface area contributed by atoms with E-state index < -0.39 is 0 Å². The molecule has 0 aromatic rings. The largest absolute Gasteiger partial charge is 0.393 e. The summed E-state index contributed by atoms with van der Waals surface area (Å²) in [5, 5.41) is 0. The molecule has 4 nitrogen and oxygen atoms in total. The summed E-state index contributed by atoms with van der Waals surface area (Å²) >= 11 is 0. The van der Waals surface area contributed by atoms with E-state index in [-0.39, 0.29) is 17.9 Å². The number of hydrogen-bond donors (Lipinski definition) is 0. The van der Waals surface area contributed by atoms with E-state index in [2.05, 4.69) is 0 Å². The third kappa shape index (κ3) is 7.04. The van der Waals surface area contributed by atoms with Crippen molar-refractivity contribution >= 4 is 11.9 Å². The maximum Gasteiger partial charge on any atom is 0.313 e. The normalized spacial score (nSPS) is 9.44. The predicted octanol–water partition coefficient (Wildman–Crippen LogP) is 2.92. The lowest BCUT2D eigenvalue weighted by Gasteiger charge is -2.08. The third-order valence-corrected chi connectivity index (χ3v) is 1.71. The molecule has 0 spiro atoms. The van der Waals surface area contributed by atoms with Gasteiger partial charge in [0.05, 0.1) is 0 Å². The Labute approximate surface area is 96.6 Å². The lowest BCUT2D eigenvalue weighted by Crippen LogP contribution is -2.10. The van der Waals surface area contributed by atoms with Gasteiger partial charge in [0.25, 0.3) is 5.95 Å². The Balaban J connectivity index is 4.23. The molecule has 0 N–H and O–H groups in total. The Morgan fingerprint density at radius 3 is 1.69 bits per heavy atom. The van der Waals surface area contributed by atoms with Gasteiger partial charge in [0.1, 0.15) is 0 Å². The summed E-state index contributed by atoms with van der Waals surface area (Å²) in [4.78, 5) is 22.4. The fourth-order valence-electron chi connectivity index (χ4n) is 1.01. The average Bonchev–Trinajstić information content (AvgIpc) is 2.18. The van der Waals surface area contributed by atoms with E-state index in [0.717, 1.165) is 0 Å². The van der Waals surface area contributed by atoms with E-state index in [4.69, 9.17) is 9.47 Å². The maximum atomic E-state index is 11.2. The van der Waals surface area contributed by atoms with Gasteiger partial charge in [-0.05, 0) is 25.3 Å². The van der Waals surface area contributed by atoms with Gasteiger partial charge < -0.3 is 9.47 Å². The topological polar surface area (TPSA) is 52.6 Å². The van der Waals surface area contributed by atoms with E-state index in [9.17, 15) is 9.59 Å². The number of carbonyl (C=O) groups is 2. The Morgan fingerprint density at radius 1 is 0.938 bits per heavy atom. The van der Waals surface area contributed by atoms with Gasteiger partial charge in [-0.25, -0.2) is 0 Å². The van der Waals surface area contributed by atoms with Crippen LogP contribution in [-0.4, -0.2) is 11.9 Å². The molecule has 0 saturated heterocycles. The number of allylic oxidation sites excluding steroid dienone is 1. The molecular formula is C12H20O4. The molecule has 0 aliphatic heterocycles. The average molecular weight is 228 g/mol. The molecule has 92 valence electrons. The summed E-state index contributed by atoms with van der Waals surface area (Å²) in [5.74, 6) is -0.725. The molecule has 0 aliphatic rings. The molecule has 0 aromatic carbocycles. The van der Waals surface area contributed by atoms with Crippen LogP contribution in [0.25, 0.3) is 0 Å². The van der Waals surface area contributed by atoms with Crippen molar-refractivity contribution in [2.75, 3.05) is 0 Å². The Morgan fingerprint density at radius 2 is 1.38 bits per heavy atom. The van der Waals surface area contributed by atoms with Gasteiger partial charge in [-0.2, -0.15) is 0 Å². The summed E-state index contributed by atoms with van der Waals surface area (Å²) in [6.45, 7) is 5.64. The highest BCUT2D eigenvalue weighted by molar-refractivity contribution is 5.72. The van der Waals surface area contributed by atoms with Crippen LogP contribution in [0.2, 0.25) is 0 Å². The predicted molar refractivity (Wildman–Crippen MR) is 60.4 cm³/mol. The maximum absolute atomic E-state index is 11.2. The summed E-state index contributed by atoms with van der Waals surface area (Å²) in [5.41, 5.74) is 0. The van der Waals surface area contributed by atoms with Crippen LogP contribution in [0.4, 0.5) is 0 Å². The second-order valence-corrected chi connectivity index (χ2v) is 3.38. The van der Waals surface area contributed by atoms with Gasteiger partial charge in [0, 0.05) is 12.8 Å². The van der Waals surface area contributed by atoms with E-state index in [1.165, 1.54) is 0 Å².